The average molecular weight is 376 g/mol. The lowest BCUT2D eigenvalue weighted by Crippen LogP contribution is -2.30. The summed E-state index contributed by atoms with van der Waals surface area (Å²) in [4.78, 5) is 26.6. The summed E-state index contributed by atoms with van der Waals surface area (Å²) in [7, 11) is 0. The number of amides is 2. The van der Waals surface area contributed by atoms with E-state index in [4.69, 9.17) is 0 Å². The zero-order valence-corrected chi connectivity index (χ0v) is 16.1. The molecule has 0 aliphatic heterocycles. The molecule has 0 saturated heterocycles. The average Bonchev–Trinajstić information content (AvgIpc) is 3.23. The largest absolute Gasteiger partial charge is 0.339 e. The van der Waals surface area contributed by atoms with Crippen molar-refractivity contribution in [2.75, 3.05) is 18.4 Å². The van der Waals surface area contributed by atoms with Crippen molar-refractivity contribution in [3.05, 3.63) is 83.7 Å². The summed E-state index contributed by atoms with van der Waals surface area (Å²) in [6.07, 6.45) is 3.64. The standard InChI is InChI=1S/C22H24N4O2/c1-3-25(4-2)22(28)19-10-12-20(13-11-19)24-21(27)18-8-6-17(7-9-18)16-26-15-5-14-23-26/h5-15H,3-4,16H2,1-2H3,(H,24,27). The SMILES string of the molecule is CCN(CC)C(=O)c1ccc(NC(=O)c2ccc(Cn3cccn3)cc2)cc1. The minimum atomic E-state index is -0.187. The van der Waals surface area contributed by atoms with Crippen LogP contribution >= 0.6 is 0 Å². The Kier molecular flexibility index (Phi) is 6.22. The molecule has 2 aromatic carbocycles. The van der Waals surface area contributed by atoms with Crippen molar-refractivity contribution in [1.82, 2.24) is 14.7 Å². The fourth-order valence-corrected chi connectivity index (χ4v) is 2.94. The van der Waals surface area contributed by atoms with Gasteiger partial charge in [0.25, 0.3) is 11.8 Å². The van der Waals surface area contributed by atoms with Crippen molar-refractivity contribution in [3.63, 3.8) is 0 Å². The van der Waals surface area contributed by atoms with E-state index in [1.54, 1.807) is 47.5 Å². The Hall–Kier alpha value is -3.41. The van der Waals surface area contributed by atoms with Gasteiger partial charge in [-0.05, 0) is 61.9 Å². The number of aromatic nitrogens is 2. The minimum Gasteiger partial charge on any atom is -0.339 e. The van der Waals surface area contributed by atoms with Crippen LogP contribution < -0.4 is 5.32 Å². The molecule has 0 spiro atoms. The van der Waals surface area contributed by atoms with Crippen LogP contribution in [0.2, 0.25) is 0 Å². The zero-order chi connectivity index (χ0) is 19.9. The molecule has 1 N–H and O–H groups in total. The van der Waals surface area contributed by atoms with E-state index in [1.165, 1.54) is 0 Å². The smallest absolute Gasteiger partial charge is 0.255 e. The van der Waals surface area contributed by atoms with Gasteiger partial charge in [-0.25, -0.2) is 0 Å². The molecule has 6 heteroatoms. The maximum absolute atomic E-state index is 12.5. The van der Waals surface area contributed by atoms with E-state index in [0.29, 0.717) is 36.4 Å². The Balaban J connectivity index is 1.62. The van der Waals surface area contributed by atoms with E-state index in [9.17, 15) is 9.59 Å². The molecule has 0 radical (unpaired) electrons. The lowest BCUT2D eigenvalue weighted by atomic mass is 10.1. The molecule has 0 atom stereocenters. The monoisotopic (exact) mass is 376 g/mol. The number of hydrogen-bond donors (Lipinski definition) is 1. The van der Waals surface area contributed by atoms with Gasteiger partial charge in [-0.1, -0.05) is 12.1 Å². The molecule has 6 nitrogen and oxygen atoms in total. The van der Waals surface area contributed by atoms with Gasteiger partial charge in [-0.15, -0.1) is 0 Å². The number of anilines is 1. The van der Waals surface area contributed by atoms with Crippen LogP contribution in [0.4, 0.5) is 5.69 Å². The Morgan fingerprint density at radius 3 is 2.18 bits per heavy atom. The summed E-state index contributed by atoms with van der Waals surface area (Å²) < 4.78 is 1.83. The molecule has 0 unspecified atom stereocenters. The van der Waals surface area contributed by atoms with Gasteiger partial charge >= 0.3 is 0 Å². The second-order valence-electron chi connectivity index (χ2n) is 6.41. The predicted octanol–water partition coefficient (Wildman–Crippen LogP) is 3.67. The Bertz CT molecular complexity index is 912. The van der Waals surface area contributed by atoms with E-state index in [0.717, 1.165) is 5.56 Å². The highest BCUT2D eigenvalue weighted by Gasteiger charge is 2.12. The van der Waals surface area contributed by atoms with Crippen LogP contribution in [0.3, 0.4) is 0 Å². The molecule has 2 amide bonds. The second-order valence-corrected chi connectivity index (χ2v) is 6.41. The molecule has 0 bridgehead atoms. The van der Waals surface area contributed by atoms with E-state index < -0.39 is 0 Å². The van der Waals surface area contributed by atoms with Crippen molar-refractivity contribution in [2.24, 2.45) is 0 Å². The Morgan fingerprint density at radius 1 is 0.964 bits per heavy atom. The maximum atomic E-state index is 12.5. The molecule has 0 fully saturated rings. The summed E-state index contributed by atoms with van der Waals surface area (Å²) in [6, 6.07) is 16.3. The fraction of sp³-hybridized carbons (Fsp3) is 0.227. The lowest BCUT2D eigenvalue weighted by molar-refractivity contribution is 0.0773. The van der Waals surface area contributed by atoms with Crippen molar-refractivity contribution >= 4 is 17.5 Å². The van der Waals surface area contributed by atoms with Crippen molar-refractivity contribution in [3.8, 4) is 0 Å². The van der Waals surface area contributed by atoms with E-state index >= 15 is 0 Å². The third-order valence-electron chi connectivity index (χ3n) is 4.56. The third-order valence-corrected chi connectivity index (χ3v) is 4.56. The predicted molar refractivity (Wildman–Crippen MR) is 109 cm³/mol. The fourth-order valence-electron chi connectivity index (χ4n) is 2.94. The van der Waals surface area contributed by atoms with Crippen molar-refractivity contribution < 1.29 is 9.59 Å². The van der Waals surface area contributed by atoms with E-state index in [2.05, 4.69) is 10.4 Å². The molecular weight excluding hydrogens is 352 g/mol. The maximum Gasteiger partial charge on any atom is 0.255 e. The van der Waals surface area contributed by atoms with Crippen LogP contribution in [0.1, 0.15) is 40.1 Å². The van der Waals surface area contributed by atoms with E-state index in [-0.39, 0.29) is 11.8 Å². The summed E-state index contributed by atoms with van der Waals surface area (Å²) in [5.41, 5.74) is 2.92. The van der Waals surface area contributed by atoms with Crippen LogP contribution in [0.15, 0.2) is 67.0 Å². The van der Waals surface area contributed by atoms with Crippen LogP contribution in [-0.4, -0.2) is 39.6 Å². The normalized spacial score (nSPS) is 10.5. The molecule has 1 aromatic heterocycles. The van der Waals surface area contributed by atoms with Gasteiger partial charge in [-0.3, -0.25) is 14.3 Å². The number of hydrogen-bond acceptors (Lipinski definition) is 3. The number of nitrogens with one attached hydrogen (secondary N) is 1. The first-order valence-corrected chi connectivity index (χ1v) is 9.37. The van der Waals surface area contributed by atoms with Crippen LogP contribution in [-0.2, 0) is 6.54 Å². The molecule has 3 rings (SSSR count). The van der Waals surface area contributed by atoms with Crippen LogP contribution in [0.25, 0.3) is 0 Å². The second kappa shape index (κ2) is 8.99. The van der Waals surface area contributed by atoms with Gasteiger partial charge in [0, 0.05) is 42.3 Å². The van der Waals surface area contributed by atoms with Gasteiger partial charge in [-0.2, -0.15) is 5.10 Å². The lowest BCUT2D eigenvalue weighted by Gasteiger charge is -2.18. The molecule has 28 heavy (non-hydrogen) atoms. The Labute approximate surface area is 164 Å². The third kappa shape index (κ3) is 4.65. The molecule has 0 saturated carbocycles. The summed E-state index contributed by atoms with van der Waals surface area (Å²) in [5, 5.41) is 7.04. The van der Waals surface area contributed by atoms with Gasteiger partial charge in [0.15, 0.2) is 0 Å². The van der Waals surface area contributed by atoms with Gasteiger partial charge in [0.2, 0.25) is 0 Å². The number of rotatable bonds is 7. The van der Waals surface area contributed by atoms with Gasteiger partial charge < -0.3 is 10.2 Å². The quantitative estimate of drug-likeness (QED) is 0.684. The molecular formula is C22H24N4O2. The molecule has 1 heterocycles. The van der Waals surface area contributed by atoms with Crippen molar-refractivity contribution in [1.29, 1.82) is 0 Å². The number of carbonyl (C=O) groups is 2. The first-order chi connectivity index (χ1) is 13.6. The summed E-state index contributed by atoms with van der Waals surface area (Å²) in [5.74, 6) is -0.191. The first-order valence-electron chi connectivity index (χ1n) is 9.37. The van der Waals surface area contributed by atoms with Crippen LogP contribution in [0, 0.1) is 0 Å². The van der Waals surface area contributed by atoms with E-state index in [1.807, 2.05) is 42.9 Å². The minimum absolute atomic E-state index is 0.00403. The topological polar surface area (TPSA) is 67.2 Å². The molecule has 0 aliphatic carbocycles. The first kappa shape index (κ1) is 19.4. The molecule has 3 aromatic rings. The Morgan fingerprint density at radius 2 is 1.61 bits per heavy atom. The highest BCUT2D eigenvalue weighted by atomic mass is 16.2. The summed E-state index contributed by atoms with van der Waals surface area (Å²) >= 11 is 0. The summed E-state index contributed by atoms with van der Waals surface area (Å²) in [6.45, 7) is 5.91. The van der Waals surface area contributed by atoms with Crippen LogP contribution in [0.5, 0.6) is 0 Å². The molecule has 0 aliphatic rings. The highest BCUT2D eigenvalue weighted by molar-refractivity contribution is 6.04. The van der Waals surface area contributed by atoms with Gasteiger partial charge in [0.05, 0.1) is 6.54 Å². The zero-order valence-electron chi connectivity index (χ0n) is 16.1. The highest BCUT2D eigenvalue weighted by Crippen LogP contribution is 2.14. The van der Waals surface area contributed by atoms with Gasteiger partial charge in [0.1, 0.15) is 0 Å². The molecule has 144 valence electrons. The number of carbonyl (C=O) groups excluding carboxylic acids is 2. The van der Waals surface area contributed by atoms with Crippen molar-refractivity contribution in [2.45, 2.75) is 20.4 Å². The number of benzene rings is 2. The number of nitrogens with zero attached hydrogens (tertiary/aromatic N) is 3.